The predicted octanol–water partition coefficient (Wildman–Crippen LogP) is 5.82. The smallest absolute Gasteiger partial charge is 0.300 e. The topological polar surface area (TPSA) is 85.3 Å². The summed E-state index contributed by atoms with van der Waals surface area (Å²) in [5.41, 5.74) is 2.39. The summed E-state index contributed by atoms with van der Waals surface area (Å²) in [6, 6.07) is 18.7. The molecule has 1 amide bonds. The number of rotatable bonds is 9. The number of aliphatic hydroxyl groups is 1. The molecular weight excluding hydrogens is 470 g/mol. The molecule has 1 heterocycles. The lowest BCUT2D eigenvalue weighted by Crippen LogP contribution is -2.30. The van der Waals surface area contributed by atoms with Gasteiger partial charge in [-0.1, -0.05) is 30.3 Å². The van der Waals surface area contributed by atoms with Crippen molar-refractivity contribution in [1.82, 2.24) is 0 Å². The van der Waals surface area contributed by atoms with E-state index in [0.717, 1.165) is 5.56 Å². The molecule has 0 bridgehead atoms. The van der Waals surface area contributed by atoms with E-state index in [9.17, 15) is 14.7 Å². The number of amides is 1. The normalized spacial score (nSPS) is 16.6. The van der Waals surface area contributed by atoms with Gasteiger partial charge in [0.25, 0.3) is 11.7 Å². The molecule has 1 saturated heterocycles. The van der Waals surface area contributed by atoms with Crippen molar-refractivity contribution in [2.75, 3.05) is 24.7 Å². The fourth-order valence-corrected chi connectivity index (χ4v) is 4.52. The average Bonchev–Trinajstić information content (AvgIpc) is 3.15. The third-order valence-corrected chi connectivity index (χ3v) is 6.15. The molecule has 3 aromatic rings. The molecule has 0 spiro atoms. The number of hydrogen-bond donors (Lipinski definition) is 1. The average molecular weight is 502 g/mol. The van der Waals surface area contributed by atoms with Gasteiger partial charge < -0.3 is 19.3 Å². The number of benzene rings is 3. The zero-order valence-corrected chi connectivity index (χ0v) is 21.5. The molecule has 0 saturated carbocycles. The number of anilines is 1. The molecular formula is C30H31NO6. The van der Waals surface area contributed by atoms with Crippen LogP contribution in [0.5, 0.6) is 17.2 Å². The molecule has 7 heteroatoms. The molecule has 1 atom stereocenters. The second kappa shape index (κ2) is 11.2. The van der Waals surface area contributed by atoms with Crippen molar-refractivity contribution in [2.45, 2.75) is 33.7 Å². The van der Waals surface area contributed by atoms with E-state index in [1.807, 2.05) is 58.0 Å². The predicted molar refractivity (Wildman–Crippen MR) is 142 cm³/mol. The first-order valence-corrected chi connectivity index (χ1v) is 12.4. The number of hydrogen-bond acceptors (Lipinski definition) is 6. The van der Waals surface area contributed by atoms with Crippen LogP contribution in [0, 0.1) is 6.92 Å². The van der Waals surface area contributed by atoms with E-state index in [1.165, 1.54) is 4.90 Å². The first-order chi connectivity index (χ1) is 17.9. The molecule has 37 heavy (non-hydrogen) atoms. The Hall–Kier alpha value is -4.26. The molecule has 0 aliphatic carbocycles. The van der Waals surface area contributed by atoms with Gasteiger partial charge in [0, 0.05) is 11.8 Å². The lowest BCUT2D eigenvalue weighted by molar-refractivity contribution is -0.132. The number of ether oxygens (including phenoxy) is 3. The standard InChI is InChI=1S/C30H31NO6/c1-5-35-21-14-12-20(13-15-21)27-26(29(33)30(34)31(27)24-11-9-8-10-19(24)4)28(32)23-17-16-22(36-6-2)18-25(23)37-7-3/h8-18,27,32H,5-7H2,1-4H3/b28-26-. The third kappa shape index (κ3) is 5.03. The van der Waals surface area contributed by atoms with Crippen LogP contribution in [0.2, 0.25) is 0 Å². The summed E-state index contributed by atoms with van der Waals surface area (Å²) in [5.74, 6) is -0.178. The Morgan fingerprint density at radius 2 is 1.46 bits per heavy atom. The van der Waals surface area contributed by atoms with E-state index in [0.29, 0.717) is 53.9 Å². The Morgan fingerprint density at radius 1 is 0.838 bits per heavy atom. The summed E-state index contributed by atoms with van der Waals surface area (Å²) < 4.78 is 16.9. The van der Waals surface area contributed by atoms with Gasteiger partial charge in [0.2, 0.25) is 0 Å². The van der Waals surface area contributed by atoms with Crippen LogP contribution >= 0.6 is 0 Å². The maximum Gasteiger partial charge on any atom is 0.300 e. The molecule has 1 N–H and O–H groups in total. The van der Waals surface area contributed by atoms with E-state index >= 15 is 0 Å². The number of ketones is 1. The summed E-state index contributed by atoms with van der Waals surface area (Å²) in [4.78, 5) is 28.4. The Bertz CT molecular complexity index is 1330. The van der Waals surface area contributed by atoms with Crippen molar-refractivity contribution in [3.63, 3.8) is 0 Å². The van der Waals surface area contributed by atoms with Crippen LogP contribution in [0.4, 0.5) is 5.69 Å². The molecule has 7 nitrogen and oxygen atoms in total. The van der Waals surface area contributed by atoms with Crippen molar-refractivity contribution in [3.8, 4) is 17.2 Å². The van der Waals surface area contributed by atoms with Crippen LogP contribution < -0.4 is 19.1 Å². The Morgan fingerprint density at radius 3 is 2.11 bits per heavy atom. The van der Waals surface area contributed by atoms with Gasteiger partial charge in [-0.05, 0) is 69.2 Å². The first-order valence-electron chi connectivity index (χ1n) is 12.4. The number of Topliss-reactive ketones (excluding diaryl/α,β-unsaturated/α-hetero) is 1. The van der Waals surface area contributed by atoms with Crippen LogP contribution in [0.25, 0.3) is 5.76 Å². The monoisotopic (exact) mass is 501 g/mol. The number of aliphatic hydroxyl groups excluding tert-OH is 1. The van der Waals surface area contributed by atoms with Gasteiger partial charge in [-0.15, -0.1) is 0 Å². The number of para-hydroxylation sites is 1. The molecule has 1 aliphatic heterocycles. The minimum atomic E-state index is -0.849. The number of aryl methyl sites for hydroxylation is 1. The van der Waals surface area contributed by atoms with E-state index in [1.54, 1.807) is 36.4 Å². The van der Waals surface area contributed by atoms with Gasteiger partial charge in [0.1, 0.15) is 23.0 Å². The van der Waals surface area contributed by atoms with Gasteiger partial charge in [0.15, 0.2) is 0 Å². The van der Waals surface area contributed by atoms with Crippen LogP contribution in [0.15, 0.2) is 72.3 Å². The lowest BCUT2D eigenvalue weighted by Gasteiger charge is -2.27. The first kappa shape index (κ1) is 25.8. The third-order valence-electron chi connectivity index (χ3n) is 6.15. The highest BCUT2D eigenvalue weighted by molar-refractivity contribution is 6.51. The number of carbonyl (C=O) groups excluding carboxylic acids is 2. The van der Waals surface area contributed by atoms with Gasteiger partial charge >= 0.3 is 0 Å². The van der Waals surface area contributed by atoms with Crippen LogP contribution in [-0.4, -0.2) is 36.6 Å². The molecule has 0 radical (unpaired) electrons. The van der Waals surface area contributed by atoms with Gasteiger partial charge in [0.05, 0.1) is 37.0 Å². The molecule has 3 aromatic carbocycles. The highest BCUT2D eigenvalue weighted by Crippen LogP contribution is 2.44. The van der Waals surface area contributed by atoms with Gasteiger partial charge in [-0.2, -0.15) is 0 Å². The van der Waals surface area contributed by atoms with Crippen molar-refractivity contribution in [2.24, 2.45) is 0 Å². The minimum Gasteiger partial charge on any atom is -0.507 e. The van der Waals surface area contributed by atoms with Crippen LogP contribution in [0.1, 0.15) is 43.5 Å². The second-order valence-electron chi connectivity index (χ2n) is 8.48. The van der Waals surface area contributed by atoms with E-state index < -0.39 is 17.7 Å². The van der Waals surface area contributed by atoms with E-state index in [4.69, 9.17) is 14.2 Å². The highest BCUT2D eigenvalue weighted by Gasteiger charge is 2.47. The zero-order valence-electron chi connectivity index (χ0n) is 21.5. The van der Waals surface area contributed by atoms with Crippen molar-refractivity contribution in [1.29, 1.82) is 0 Å². The summed E-state index contributed by atoms with van der Waals surface area (Å²) in [7, 11) is 0. The molecule has 1 fully saturated rings. The summed E-state index contributed by atoms with van der Waals surface area (Å²) in [6.07, 6.45) is 0. The fraction of sp³-hybridized carbons (Fsp3) is 0.267. The maximum atomic E-state index is 13.5. The summed E-state index contributed by atoms with van der Waals surface area (Å²) in [6.45, 7) is 8.80. The SMILES string of the molecule is CCOc1ccc(C2/C(=C(/O)c3ccc(OCC)cc3OCC)C(=O)C(=O)N2c2ccccc2C)cc1. The highest BCUT2D eigenvalue weighted by atomic mass is 16.5. The lowest BCUT2D eigenvalue weighted by atomic mass is 9.94. The largest absolute Gasteiger partial charge is 0.507 e. The number of nitrogens with zero attached hydrogens (tertiary/aromatic N) is 1. The van der Waals surface area contributed by atoms with Crippen LogP contribution in [0.3, 0.4) is 0 Å². The Kier molecular flexibility index (Phi) is 7.82. The molecule has 192 valence electrons. The Balaban J connectivity index is 1.93. The fourth-order valence-electron chi connectivity index (χ4n) is 4.52. The van der Waals surface area contributed by atoms with Gasteiger partial charge in [-0.25, -0.2) is 0 Å². The molecule has 1 aliphatic rings. The second-order valence-corrected chi connectivity index (χ2v) is 8.48. The minimum absolute atomic E-state index is 0.0116. The van der Waals surface area contributed by atoms with E-state index in [2.05, 4.69) is 0 Å². The van der Waals surface area contributed by atoms with E-state index in [-0.39, 0.29) is 11.3 Å². The van der Waals surface area contributed by atoms with Crippen LogP contribution in [-0.2, 0) is 9.59 Å². The maximum absolute atomic E-state index is 13.5. The summed E-state index contributed by atoms with van der Waals surface area (Å²) >= 11 is 0. The molecule has 0 aromatic heterocycles. The molecule has 4 rings (SSSR count). The number of carbonyl (C=O) groups is 2. The van der Waals surface area contributed by atoms with Crippen molar-refractivity contribution in [3.05, 3.63) is 89.0 Å². The van der Waals surface area contributed by atoms with Crippen molar-refractivity contribution >= 4 is 23.1 Å². The van der Waals surface area contributed by atoms with Crippen molar-refractivity contribution < 1.29 is 28.9 Å². The Labute approximate surface area is 216 Å². The summed E-state index contributed by atoms with van der Waals surface area (Å²) in [5, 5.41) is 11.6. The van der Waals surface area contributed by atoms with Gasteiger partial charge in [-0.3, -0.25) is 14.5 Å². The molecule has 1 unspecified atom stereocenters. The quantitative estimate of drug-likeness (QED) is 0.226. The zero-order chi connectivity index (χ0) is 26.5.